The molecule has 4 aromatic rings. The number of aromatic amines is 1. The number of carbonyl (C=O) groups excluding carboxylic acids is 5. The number of hydrogen-bond donors (Lipinski definition) is 2. The molecule has 3 amide bonds. The summed E-state index contributed by atoms with van der Waals surface area (Å²) >= 11 is 0. The van der Waals surface area contributed by atoms with Gasteiger partial charge < -0.3 is 24.8 Å². The molecule has 1 aromatic heterocycles. The Kier molecular flexibility index (Phi) is 12.4. The summed E-state index contributed by atoms with van der Waals surface area (Å²) in [4.78, 5) is 71.2. The number of hydrogen-bond acceptors (Lipinski definition) is 9. The van der Waals surface area contributed by atoms with Crippen molar-refractivity contribution in [3.8, 4) is 0 Å². The predicted molar refractivity (Wildman–Crippen MR) is 224 cm³/mol. The van der Waals surface area contributed by atoms with Gasteiger partial charge in [0.1, 0.15) is 30.2 Å². The van der Waals surface area contributed by atoms with E-state index in [1.54, 1.807) is 12.1 Å². The van der Waals surface area contributed by atoms with Crippen molar-refractivity contribution < 1.29 is 41.5 Å². The summed E-state index contributed by atoms with van der Waals surface area (Å²) in [5.41, 5.74) is 5.55. The highest BCUT2D eigenvalue weighted by Crippen LogP contribution is 2.44. The van der Waals surface area contributed by atoms with Crippen LogP contribution in [0.5, 0.6) is 0 Å². The normalized spacial score (nSPS) is 20.3. The number of fused-ring (bicyclic) bond motifs is 5. The Morgan fingerprint density at radius 1 is 0.919 bits per heavy atom. The van der Waals surface area contributed by atoms with Gasteiger partial charge in [0, 0.05) is 80.6 Å². The minimum Gasteiger partial charge on any atom is -0.371 e. The molecule has 0 saturated carbocycles. The van der Waals surface area contributed by atoms with Gasteiger partial charge in [0.2, 0.25) is 5.91 Å². The van der Waals surface area contributed by atoms with Crippen molar-refractivity contribution >= 4 is 46.9 Å². The molecule has 3 aromatic carbocycles. The SMILES string of the molecule is CNC(=O)C(CCC=O)N1C(=O)c2cc3c(cc2C1=O)CN(C)C3.O=CCN1CCC2(CCN(c3cc(F)c([C@@H]4c5[nH]c6ccccc6c5CCN4CC(F)F)c(F)c3)CC2)C1. The molecule has 2 fully saturated rings. The maximum Gasteiger partial charge on any atom is 0.262 e. The van der Waals surface area contributed by atoms with Gasteiger partial charge in [-0.25, -0.2) is 17.6 Å². The molecular formula is C46H51F4N7O5. The molecule has 2 saturated heterocycles. The number of benzene rings is 3. The van der Waals surface area contributed by atoms with Crippen LogP contribution in [0.3, 0.4) is 0 Å². The molecule has 9 rings (SSSR count). The van der Waals surface area contributed by atoms with Crippen LogP contribution in [0.4, 0.5) is 23.2 Å². The van der Waals surface area contributed by atoms with Crippen molar-refractivity contribution in [2.75, 3.05) is 64.8 Å². The third-order valence-corrected chi connectivity index (χ3v) is 13.4. The zero-order chi connectivity index (χ0) is 43.9. The van der Waals surface area contributed by atoms with Crippen molar-refractivity contribution in [1.82, 2.24) is 29.9 Å². The molecule has 328 valence electrons. The number of para-hydroxylation sites is 1. The number of halogens is 4. The van der Waals surface area contributed by atoms with E-state index in [0.717, 1.165) is 84.2 Å². The van der Waals surface area contributed by atoms with Crippen molar-refractivity contribution in [3.05, 3.63) is 99.2 Å². The van der Waals surface area contributed by atoms with Crippen LogP contribution in [0.15, 0.2) is 48.5 Å². The van der Waals surface area contributed by atoms with Gasteiger partial charge in [-0.3, -0.25) is 34.0 Å². The number of imide groups is 1. The lowest BCUT2D eigenvalue weighted by molar-refractivity contribution is -0.124. The highest BCUT2D eigenvalue weighted by molar-refractivity contribution is 6.23. The Bertz CT molecular complexity index is 2330. The molecule has 16 heteroatoms. The van der Waals surface area contributed by atoms with Crippen molar-refractivity contribution in [2.45, 2.75) is 70.1 Å². The van der Waals surface area contributed by atoms with Crippen LogP contribution < -0.4 is 10.2 Å². The maximum atomic E-state index is 15.8. The van der Waals surface area contributed by atoms with E-state index in [2.05, 4.69) is 20.1 Å². The fourth-order valence-corrected chi connectivity index (χ4v) is 10.3. The summed E-state index contributed by atoms with van der Waals surface area (Å²) in [6, 6.07) is 11.9. The van der Waals surface area contributed by atoms with E-state index >= 15 is 8.78 Å². The third-order valence-electron chi connectivity index (χ3n) is 13.4. The molecular weight excluding hydrogens is 807 g/mol. The molecule has 2 atom stereocenters. The second kappa shape index (κ2) is 17.7. The lowest BCUT2D eigenvalue weighted by atomic mass is 9.77. The number of carbonyl (C=O) groups is 5. The first-order valence-corrected chi connectivity index (χ1v) is 21.2. The van der Waals surface area contributed by atoms with Gasteiger partial charge in [0.05, 0.1) is 30.3 Å². The monoisotopic (exact) mass is 857 g/mol. The highest BCUT2D eigenvalue weighted by Gasteiger charge is 2.44. The summed E-state index contributed by atoms with van der Waals surface area (Å²) in [7, 11) is 3.42. The number of H-pyrrole nitrogens is 1. The van der Waals surface area contributed by atoms with Crippen LogP contribution >= 0.6 is 0 Å². The highest BCUT2D eigenvalue weighted by atomic mass is 19.3. The fourth-order valence-electron chi connectivity index (χ4n) is 10.3. The summed E-state index contributed by atoms with van der Waals surface area (Å²) in [6.45, 7) is 4.79. The standard InChI is InChI=1S/C29H32F4N4O.C17H19N3O4/c30-22-15-19(36-11-7-29(8-12-36)6-10-35(18-29)13-14-38)16-23(31)26(22)28-27-21(5-9-37(28)17-25(32)33)20-3-1-2-4-24(20)34-27;1-18-15(22)14(4-3-5-21)20-16(23)12-6-10-8-19(2)9-11(10)7-13(12)17(20)24/h1-4,14-16,25,28,34H,5-13,17-18H2;5-7,14H,3-4,8-9H2,1-2H3,(H,18,22)/t28-;/m1./s1. The molecule has 2 N–H and O–H groups in total. The Hall–Kier alpha value is -5.45. The minimum atomic E-state index is -2.62. The maximum absolute atomic E-state index is 15.8. The van der Waals surface area contributed by atoms with E-state index in [-0.39, 0.29) is 23.8 Å². The zero-order valence-corrected chi connectivity index (χ0v) is 34.9. The Labute approximate surface area is 357 Å². The van der Waals surface area contributed by atoms with E-state index in [9.17, 15) is 32.8 Å². The number of aldehydes is 2. The number of nitrogens with zero attached hydrogens (tertiary/aromatic N) is 5. The van der Waals surface area contributed by atoms with E-state index in [1.807, 2.05) is 36.2 Å². The largest absolute Gasteiger partial charge is 0.371 e. The number of aromatic nitrogens is 1. The Morgan fingerprint density at radius 2 is 1.56 bits per heavy atom. The van der Waals surface area contributed by atoms with Crippen LogP contribution in [0.25, 0.3) is 10.9 Å². The first-order chi connectivity index (χ1) is 29.8. The van der Waals surface area contributed by atoms with E-state index in [4.69, 9.17) is 0 Å². The Balaban J connectivity index is 0.000000190. The molecule has 0 bridgehead atoms. The van der Waals surface area contributed by atoms with Gasteiger partial charge in [0.15, 0.2) is 0 Å². The van der Waals surface area contributed by atoms with Crippen LogP contribution in [-0.2, 0) is 33.9 Å². The Morgan fingerprint density at radius 3 is 2.18 bits per heavy atom. The fraction of sp³-hybridized carbons (Fsp3) is 0.457. The van der Waals surface area contributed by atoms with Crippen molar-refractivity contribution in [2.24, 2.45) is 5.41 Å². The molecule has 6 heterocycles. The second-order valence-corrected chi connectivity index (χ2v) is 17.3. The van der Waals surface area contributed by atoms with Gasteiger partial charge in [0.25, 0.3) is 18.2 Å². The molecule has 1 spiro atoms. The van der Waals surface area contributed by atoms with Gasteiger partial charge >= 0.3 is 0 Å². The van der Waals surface area contributed by atoms with E-state index in [0.29, 0.717) is 61.4 Å². The summed E-state index contributed by atoms with van der Waals surface area (Å²) in [6.07, 6.45) is 2.59. The number of piperidine rings is 1. The van der Waals surface area contributed by atoms with Crippen LogP contribution in [0.2, 0.25) is 0 Å². The smallest absolute Gasteiger partial charge is 0.262 e. The lowest BCUT2D eigenvalue weighted by Gasteiger charge is -2.41. The van der Waals surface area contributed by atoms with E-state index < -0.39 is 54.4 Å². The molecule has 0 radical (unpaired) electrons. The van der Waals surface area contributed by atoms with Gasteiger partial charge in [-0.2, -0.15) is 0 Å². The number of likely N-dealkylation sites (N-methyl/N-ethyl adjacent to an activating group) is 1. The number of nitrogens with one attached hydrogen (secondary N) is 2. The quantitative estimate of drug-likeness (QED) is 0.115. The minimum absolute atomic E-state index is 0.104. The average Bonchev–Trinajstić information content (AvgIpc) is 4.00. The predicted octanol–water partition coefficient (Wildman–Crippen LogP) is 5.47. The summed E-state index contributed by atoms with van der Waals surface area (Å²) in [5, 5.41) is 3.42. The molecule has 5 aliphatic heterocycles. The van der Waals surface area contributed by atoms with Crippen LogP contribution in [-0.4, -0.2) is 127 Å². The lowest BCUT2D eigenvalue weighted by Crippen LogP contribution is -2.48. The average molecular weight is 858 g/mol. The molecule has 12 nitrogen and oxygen atoms in total. The van der Waals surface area contributed by atoms with Crippen molar-refractivity contribution in [1.29, 1.82) is 0 Å². The first-order valence-electron chi connectivity index (χ1n) is 21.2. The molecule has 0 aliphatic carbocycles. The van der Waals surface area contributed by atoms with Gasteiger partial charge in [-0.05, 0) is 98.1 Å². The van der Waals surface area contributed by atoms with Gasteiger partial charge in [-0.15, -0.1) is 0 Å². The number of alkyl halides is 2. The van der Waals surface area contributed by atoms with E-state index in [1.165, 1.54) is 24.1 Å². The summed E-state index contributed by atoms with van der Waals surface area (Å²) < 4.78 is 58.7. The number of rotatable bonds is 11. The summed E-state index contributed by atoms with van der Waals surface area (Å²) in [5.74, 6) is -2.81. The number of amides is 3. The first kappa shape index (κ1) is 43.2. The molecule has 1 unspecified atom stereocenters. The third kappa shape index (κ3) is 8.15. The number of anilines is 1. The van der Waals surface area contributed by atoms with Crippen LogP contribution in [0, 0.1) is 17.0 Å². The van der Waals surface area contributed by atoms with Crippen molar-refractivity contribution in [3.63, 3.8) is 0 Å². The number of likely N-dealkylation sites (tertiary alicyclic amines) is 1. The molecule has 62 heavy (non-hydrogen) atoms. The van der Waals surface area contributed by atoms with Gasteiger partial charge in [-0.1, -0.05) is 18.2 Å². The topological polar surface area (TPSA) is 129 Å². The zero-order valence-electron chi connectivity index (χ0n) is 34.9. The molecule has 5 aliphatic rings. The van der Waals surface area contributed by atoms with Crippen LogP contribution in [0.1, 0.15) is 86.8 Å². The second-order valence-electron chi connectivity index (χ2n) is 17.3.